The Kier molecular flexibility index (Phi) is 3.66. The fourth-order valence-corrected chi connectivity index (χ4v) is 2.68. The molecule has 0 saturated carbocycles. The summed E-state index contributed by atoms with van der Waals surface area (Å²) in [6.45, 7) is 2.00. The maximum Gasteiger partial charge on any atom is 0.257 e. The lowest BCUT2D eigenvalue weighted by molar-refractivity contribution is 0.102. The molecule has 104 valence electrons. The number of amides is 1. The molecule has 1 amide bonds. The van der Waals surface area contributed by atoms with Gasteiger partial charge in [0.15, 0.2) is 0 Å². The summed E-state index contributed by atoms with van der Waals surface area (Å²) in [5, 5.41) is 2.89. The topological polar surface area (TPSA) is 54.9 Å². The number of aryl methyl sites for hydroxylation is 1. The largest absolute Gasteiger partial charge is 0.321 e. The van der Waals surface area contributed by atoms with Crippen LogP contribution >= 0.6 is 15.9 Å². The van der Waals surface area contributed by atoms with Gasteiger partial charge in [-0.1, -0.05) is 12.1 Å². The third-order valence-electron chi connectivity index (χ3n) is 3.12. The standard InChI is InChI=1S/C16H12BrN3O/c1-10-5-6-13(12(17)9-10)20-16(21)11-3-2-4-14-15(11)19-8-7-18-14/h2-9H,1H3,(H,20,21). The van der Waals surface area contributed by atoms with Gasteiger partial charge in [-0.25, -0.2) is 0 Å². The van der Waals surface area contributed by atoms with Crippen molar-refractivity contribution >= 4 is 38.6 Å². The SMILES string of the molecule is Cc1ccc(NC(=O)c2cccc3nccnc23)c(Br)c1. The average Bonchev–Trinajstić information content (AvgIpc) is 2.49. The number of carbonyl (C=O) groups excluding carboxylic acids is 1. The van der Waals surface area contributed by atoms with Gasteiger partial charge in [0.1, 0.15) is 5.52 Å². The highest BCUT2D eigenvalue weighted by molar-refractivity contribution is 9.10. The van der Waals surface area contributed by atoms with Crippen LogP contribution in [0.4, 0.5) is 5.69 Å². The molecule has 4 nitrogen and oxygen atoms in total. The summed E-state index contributed by atoms with van der Waals surface area (Å²) in [5.41, 5.74) is 3.66. The number of carbonyl (C=O) groups is 1. The molecule has 1 N–H and O–H groups in total. The summed E-state index contributed by atoms with van der Waals surface area (Å²) in [6, 6.07) is 11.2. The molecule has 0 spiro atoms. The Labute approximate surface area is 130 Å². The molecule has 1 heterocycles. The van der Waals surface area contributed by atoms with Gasteiger partial charge in [-0.2, -0.15) is 0 Å². The average molecular weight is 342 g/mol. The van der Waals surface area contributed by atoms with Crippen LogP contribution in [0.15, 0.2) is 53.3 Å². The molecule has 0 fully saturated rings. The van der Waals surface area contributed by atoms with Crippen LogP contribution in [-0.4, -0.2) is 15.9 Å². The van der Waals surface area contributed by atoms with Crippen LogP contribution in [0.1, 0.15) is 15.9 Å². The number of rotatable bonds is 2. The second-order valence-corrected chi connectivity index (χ2v) is 5.52. The first kappa shape index (κ1) is 13.7. The molecule has 1 aromatic heterocycles. The molecule has 2 aromatic carbocycles. The Hall–Kier alpha value is -2.27. The van der Waals surface area contributed by atoms with Crippen LogP contribution in [0.5, 0.6) is 0 Å². The lowest BCUT2D eigenvalue weighted by Crippen LogP contribution is -2.13. The molecule has 0 aliphatic heterocycles. The van der Waals surface area contributed by atoms with E-state index in [0.29, 0.717) is 16.6 Å². The van der Waals surface area contributed by atoms with Crippen LogP contribution in [-0.2, 0) is 0 Å². The van der Waals surface area contributed by atoms with Crippen LogP contribution in [0.25, 0.3) is 11.0 Å². The minimum absolute atomic E-state index is 0.203. The number of nitrogens with one attached hydrogen (secondary N) is 1. The van der Waals surface area contributed by atoms with Crippen molar-refractivity contribution in [3.8, 4) is 0 Å². The first-order valence-electron chi connectivity index (χ1n) is 6.42. The molecule has 3 rings (SSSR count). The highest BCUT2D eigenvalue weighted by atomic mass is 79.9. The van der Waals surface area contributed by atoms with Gasteiger partial charge in [0.25, 0.3) is 5.91 Å². The summed E-state index contributed by atoms with van der Waals surface area (Å²) in [4.78, 5) is 20.9. The molecular weight excluding hydrogens is 330 g/mol. The van der Waals surface area contributed by atoms with Crippen molar-refractivity contribution in [1.82, 2.24) is 9.97 Å². The first-order valence-corrected chi connectivity index (χ1v) is 7.22. The molecule has 0 unspecified atom stereocenters. The van der Waals surface area contributed by atoms with Crippen LogP contribution in [0, 0.1) is 6.92 Å². The maximum absolute atomic E-state index is 12.5. The summed E-state index contributed by atoms with van der Waals surface area (Å²) in [5.74, 6) is -0.203. The van der Waals surface area contributed by atoms with Crippen LogP contribution < -0.4 is 5.32 Å². The smallest absolute Gasteiger partial charge is 0.257 e. The van der Waals surface area contributed by atoms with E-state index in [1.165, 1.54) is 0 Å². The number of hydrogen-bond acceptors (Lipinski definition) is 3. The second kappa shape index (κ2) is 5.61. The van der Waals surface area contributed by atoms with Crippen LogP contribution in [0.2, 0.25) is 0 Å². The number of halogens is 1. The zero-order valence-corrected chi connectivity index (χ0v) is 12.9. The van der Waals surface area contributed by atoms with E-state index in [9.17, 15) is 4.79 Å². The van der Waals surface area contributed by atoms with Crippen molar-refractivity contribution in [3.63, 3.8) is 0 Å². The fraction of sp³-hybridized carbons (Fsp3) is 0.0625. The highest BCUT2D eigenvalue weighted by Gasteiger charge is 2.12. The molecule has 0 saturated heterocycles. The van der Waals surface area contributed by atoms with Crippen molar-refractivity contribution in [2.24, 2.45) is 0 Å². The molecule has 21 heavy (non-hydrogen) atoms. The lowest BCUT2D eigenvalue weighted by atomic mass is 10.1. The number of aromatic nitrogens is 2. The molecule has 0 bridgehead atoms. The molecule has 5 heteroatoms. The predicted molar refractivity (Wildman–Crippen MR) is 86.4 cm³/mol. The minimum atomic E-state index is -0.203. The van der Waals surface area contributed by atoms with E-state index < -0.39 is 0 Å². The van der Waals surface area contributed by atoms with Crippen LogP contribution in [0.3, 0.4) is 0 Å². The summed E-state index contributed by atoms with van der Waals surface area (Å²) < 4.78 is 0.849. The van der Waals surface area contributed by atoms with Gasteiger partial charge >= 0.3 is 0 Å². The molecular formula is C16H12BrN3O. The third kappa shape index (κ3) is 2.78. The predicted octanol–water partition coefficient (Wildman–Crippen LogP) is 3.95. The van der Waals surface area contributed by atoms with Crippen molar-refractivity contribution in [2.75, 3.05) is 5.32 Å². The molecule has 3 aromatic rings. The van der Waals surface area contributed by atoms with Crippen molar-refractivity contribution in [2.45, 2.75) is 6.92 Å². The van der Waals surface area contributed by atoms with Gasteiger partial charge in [0, 0.05) is 16.9 Å². The summed E-state index contributed by atoms with van der Waals surface area (Å²) in [7, 11) is 0. The molecule has 0 atom stereocenters. The summed E-state index contributed by atoms with van der Waals surface area (Å²) in [6.07, 6.45) is 3.20. The Morgan fingerprint density at radius 1 is 1.14 bits per heavy atom. The zero-order chi connectivity index (χ0) is 14.8. The van der Waals surface area contributed by atoms with Crippen molar-refractivity contribution in [1.29, 1.82) is 0 Å². The van der Waals surface area contributed by atoms with Crippen molar-refractivity contribution < 1.29 is 4.79 Å². The zero-order valence-electron chi connectivity index (χ0n) is 11.3. The quantitative estimate of drug-likeness (QED) is 0.767. The van der Waals surface area contributed by atoms with E-state index in [0.717, 1.165) is 15.7 Å². The van der Waals surface area contributed by atoms with E-state index in [4.69, 9.17) is 0 Å². The van der Waals surface area contributed by atoms with E-state index in [1.54, 1.807) is 24.5 Å². The Morgan fingerprint density at radius 2 is 1.95 bits per heavy atom. The summed E-state index contributed by atoms with van der Waals surface area (Å²) >= 11 is 3.46. The van der Waals surface area contributed by atoms with E-state index in [-0.39, 0.29) is 5.91 Å². The monoisotopic (exact) mass is 341 g/mol. The van der Waals surface area contributed by atoms with Crippen molar-refractivity contribution in [3.05, 3.63) is 64.4 Å². The van der Waals surface area contributed by atoms with E-state index in [2.05, 4.69) is 31.2 Å². The molecule has 0 aliphatic carbocycles. The molecule has 0 radical (unpaired) electrons. The fourth-order valence-electron chi connectivity index (χ4n) is 2.09. The first-order chi connectivity index (χ1) is 10.1. The Bertz CT molecular complexity index is 827. The third-order valence-corrected chi connectivity index (χ3v) is 3.77. The Morgan fingerprint density at radius 3 is 2.76 bits per heavy atom. The van der Waals surface area contributed by atoms with Gasteiger partial charge in [-0.05, 0) is 52.7 Å². The lowest BCUT2D eigenvalue weighted by Gasteiger charge is -2.09. The number of fused-ring (bicyclic) bond motifs is 1. The van der Waals surface area contributed by atoms with Gasteiger partial charge in [0.2, 0.25) is 0 Å². The highest BCUT2D eigenvalue weighted by Crippen LogP contribution is 2.24. The number of hydrogen-bond donors (Lipinski definition) is 1. The minimum Gasteiger partial charge on any atom is -0.321 e. The van der Waals surface area contributed by atoms with Gasteiger partial charge in [-0.3, -0.25) is 14.8 Å². The van der Waals surface area contributed by atoms with Gasteiger partial charge in [0.05, 0.1) is 16.8 Å². The Balaban J connectivity index is 1.97. The van der Waals surface area contributed by atoms with E-state index >= 15 is 0 Å². The number of nitrogens with zero attached hydrogens (tertiary/aromatic N) is 2. The number of para-hydroxylation sites is 1. The maximum atomic E-state index is 12.5. The second-order valence-electron chi connectivity index (χ2n) is 4.67. The van der Waals surface area contributed by atoms with Gasteiger partial charge in [-0.15, -0.1) is 0 Å². The number of benzene rings is 2. The number of anilines is 1. The van der Waals surface area contributed by atoms with E-state index in [1.807, 2.05) is 31.2 Å². The van der Waals surface area contributed by atoms with Gasteiger partial charge < -0.3 is 5.32 Å². The molecule has 0 aliphatic rings. The normalized spacial score (nSPS) is 10.6.